The minimum atomic E-state index is 0.400. The van der Waals surface area contributed by atoms with Crippen molar-refractivity contribution < 1.29 is 0 Å². The molecule has 0 saturated carbocycles. The maximum atomic E-state index is 9.67. The lowest BCUT2D eigenvalue weighted by Gasteiger charge is -2.32. The largest absolute Gasteiger partial charge is 0.258 e. The molecule has 1 aliphatic heterocycles. The van der Waals surface area contributed by atoms with Crippen molar-refractivity contribution in [3.05, 3.63) is 4.91 Å². The van der Waals surface area contributed by atoms with Crippen molar-refractivity contribution in [2.24, 2.45) is 5.29 Å². The molecule has 1 heterocycles. The quantitative estimate of drug-likeness (QED) is 0.456. The van der Waals surface area contributed by atoms with Gasteiger partial charge in [-0.3, -0.25) is 5.01 Å². The molecule has 40 valence electrons. The maximum absolute atomic E-state index is 9.67. The Labute approximate surface area is 42.3 Å². The standard InChI is InChI=1S/C4H8N2O/c1-4-2-3-6(4)5-7/h4H,2-3H2,1H3/t4-/m1/s1. The van der Waals surface area contributed by atoms with Crippen LogP contribution in [0.2, 0.25) is 0 Å². The third-order valence-corrected chi connectivity index (χ3v) is 1.39. The normalized spacial score (nSPS) is 29.3. The predicted octanol–water partition coefficient (Wildman–Crippen LogP) is 0.762. The summed E-state index contributed by atoms with van der Waals surface area (Å²) in [5.74, 6) is 0. The summed E-state index contributed by atoms with van der Waals surface area (Å²) in [7, 11) is 0. The summed E-state index contributed by atoms with van der Waals surface area (Å²) in [6.45, 7) is 2.84. The fourth-order valence-electron chi connectivity index (χ4n) is 0.624. The lowest BCUT2D eigenvalue weighted by Crippen LogP contribution is -2.40. The van der Waals surface area contributed by atoms with Crippen LogP contribution in [0, 0.1) is 4.91 Å². The fourth-order valence-corrected chi connectivity index (χ4v) is 0.624. The molecule has 0 bridgehead atoms. The first-order valence-corrected chi connectivity index (χ1v) is 2.44. The summed E-state index contributed by atoms with van der Waals surface area (Å²) in [5.41, 5.74) is 0. The molecule has 1 aliphatic rings. The molecule has 1 atom stereocenters. The van der Waals surface area contributed by atoms with Gasteiger partial charge in [0.2, 0.25) is 0 Å². The summed E-state index contributed by atoms with van der Waals surface area (Å²) in [5, 5.41) is 4.30. The van der Waals surface area contributed by atoms with Crippen LogP contribution in [0.15, 0.2) is 5.29 Å². The molecule has 0 aromatic carbocycles. The van der Waals surface area contributed by atoms with E-state index >= 15 is 0 Å². The summed E-state index contributed by atoms with van der Waals surface area (Å²) < 4.78 is 0. The second kappa shape index (κ2) is 1.48. The Morgan fingerprint density at radius 3 is 2.57 bits per heavy atom. The molecule has 1 fully saturated rings. The smallest absolute Gasteiger partial charge is 0.0526 e. The lowest BCUT2D eigenvalue weighted by atomic mass is 10.1. The maximum Gasteiger partial charge on any atom is 0.0526 e. The van der Waals surface area contributed by atoms with Gasteiger partial charge in [-0.2, -0.15) is 0 Å². The zero-order chi connectivity index (χ0) is 5.28. The lowest BCUT2D eigenvalue weighted by molar-refractivity contribution is 0.107. The number of rotatable bonds is 1. The van der Waals surface area contributed by atoms with Crippen LogP contribution in [0.1, 0.15) is 13.3 Å². The Balaban J connectivity index is 2.28. The number of hydrogen-bond donors (Lipinski definition) is 0. The molecule has 0 spiro atoms. The van der Waals surface area contributed by atoms with Crippen LogP contribution in [0.5, 0.6) is 0 Å². The van der Waals surface area contributed by atoms with Gasteiger partial charge in [-0.1, -0.05) is 0 Å². The summed E-state index contributed by atoms with van der Waals surface area (Å²) >= 11 is 0. The molecule has 0 radical (unpaired) electrons. The Kier molecular flexibility index (Phi) is 0.964. The van der Waals surface area contributed by atoms with E-state index in [9.17, 15) is 4.91 Å². The Morgan fingerprint density at radius 2 is 2.57 bits per heavy atom. The van der Waals surface area contributed by atoms with Gasteiger partial charge in [0.15, 0.2) is 0 Å². The summed E-state index contributed by atoms with van der Waals surface area (Å²) in [6.07, 6.45) is 1.12. The SMILES string of the molecule is C[C@@H]1CCN1N=O. The molecular formula is C4H8N2O. The van der Waals surface area contributed by atoms with E-state index in [0.717, 1.165) is 13.0 Å². The number of hydrogen-bond acceptors (Lipinski definition) is 2. The summed E-state index contributed by atoms with van der Waals surface area (Å²) in [4.78, 5) is 9.67. The third-order valence-electron chi connectivity index (χ3n) is 1.39. The molecule has 7 heavy (non-hydrogen) atoms. The zero-order valence-corrected chi connectivity index (χ0v) is 4.29. The molecule has 0 aliphatic carbocycles. The molecule has 0 amide bonds. The minimum absolute atomic E-state index is 0.400. The Hall–Kier alpha value is -0.600. The molecule has 1 saturated heterocycles. The molecular weight excluding hydrogens is 92.1 g/mol. The Bertz CT molecular complexity index is 83.8. The minimum Gasteiger partial charge on any atom is -0.258 e. The highest BCUT2D eigenvalue weighted by atomic mass is 16.3. The van der Waals surface area contributed by atoms with Crippen molar-refractivity contribution in [1.82, 2.24) is 5.01 Å². The van der Waals surface area contributed by atoms with Crippen LogP contribution in [-0.4, -0.2) is 17.6 Å². The first kappa shape index (κ1) is 4.56. The molecule has 3 heteroatoms. The topological polar surface area (TPSA) is 32.7 Å². The molecule has 0 unspecified atom stereocenters. The van der Waals surface area contributed by atoms with Crippen molar-refractivity contribution in [3.63, 3.8) is 0 Å². The van der Waals surface area contributed by atoms with Crippen LogP contribution in [-0.2, 0) is 0 Å². The van der Waals surface area contributed by atoms with E-state index in [-0.39, 0.29) is 0 Å². The second-order valence-electron chi connectivity index (χ2n) is 1.88. The highest BCUT2D eigenvalue weighted by Crippen LogP contribution is 2.14. The number of nitroso groups, excluding NO2 is 1. The van der Waals surface area contributed by atoms with Crippen molar-refractivity contribution in [2.75, 3.05) is 6.54 Å². The third kappa shape index (κ3) is 0.577. The fraction of sp³-hybridized carbons (Fsp3) is 1.00. The average molecular weight is 100 g/mol. The van der Waals surface area contributed by atoms with E-state index in [1.165, 1.54) is 0 Å². The van der Waals surface area contributed by atoms with Gasteiger partial charge in [0.1, 0.15) is 0 Å². The van der Waals surface area contributed by atoms with Crippen molar-refractivity contribution >= 4 is 0 Å². The highest BCUT2D eigenvalue weighted by Gasteiger charge is 2.22. The van der Waals surface area contributed by atoms with E-state index in [4.69, 9.17) is 0 Å². The highest BCUT2D eigenvalue weighted by molar-refractivity contribution is 4.73. The van der Waals surface area contributed by atoms with E-state index in [2.05, 4.69) is 5.29 Å². The molecule has 0 aromatic rings. The van der Waals surface area contributed by atoms with Crippen LogP contribution in [0.25, 0.3) is 0 Å². The van der Waals surface area contributed by atoms with Gasteiger partial charge in [-0.05, 0) is 13.3 Å². The van der Waals surface area contributed by atoms with Gasteiger partial charge in [0, 0.05) is 12.6 Å². The van der Waals surface area contributed by atoms with Gasteiger partial charge in [-0.25, -0.2) is 0 Å². The van der Waals surface area contributed by atoms with Crippen LogP contribution < -0.4 is 0 Å². The molecule has 3 nitrogen and oxygen atoms in total. The zero-order valence-electron chi connectivity index (χ0n) is 4.29. The van der Waals surface area contributed by atoms with Crippen LogP contribution in [0.3, 0.4) is 0 Å². The molecule has 1 rings (SSSR count). The van der Waals surface area contributed by atoms with Crippen molar-refractivity contribution in [3.8, 4) is 0 Å². The summed E-state index contributed by atoms with van der Waals surface area (Å²) in [6, 6.07) is 0.400. The van der Waals surface area contributed by atoms with E-state index < -0.39 is 0 Å². The van der Waals surface area contributed by atoms with E-state index in [1.54, 1.807) is 5.01 Å². The van der Waals surface area contributed by atoms with E-state index in [1.807, 2.05) is 6.92 Å². The van der Waals surface area contributed by atoms with E-state index in [0.29, 0.717) is 6.04 Å². The molecule has 0 aromatic heterocycles. The van der Waals surface area contributed by atoms with Crippen molar-refractivity contribution in [1.29, 1.82) is 0 Å². The van der Waals surface area contributed by atoms with Gasteiger partial charge >= 0.3 is 0 Å². The van der Waals surface area contributed by atoms with Crippen molar-refractivity contribution in [2.45, 2.75) is 19.4 Å². The Morgan fingerprint density at radius 1 is 1.86 bits per heavy atom. The second-order valence-corrected chi connectivity index (χ2v) is 1.88. The first-order valence-electron chi connectivity index (χ1n) is 2.44. The van der Waals surface area contributed by atoms with Gasteiger partial charge in [-0.15, -0.1) is 4.91 Å². The van der Waals surface area contributed by atoms with Gasteiger partial charge < -0.3 is 0 Å². The number of nitrogens with zero attached hydrogens (tertiary/aromatic N) is 2. The van der Waals surface area contributed by atoms with Crippen LogP contribution in [0.4, 0.5) is 0 Å². The van der Waals surface area contributed by atoms with Gasteiger partial charge in [0.05, 0.1) is 5.29 Å². The first-order chi connectivity index (χ1) is 3.34. The monoisotopic (exact) mass is 100 g/mol. The predicted molar refractivity (Wildman–Crippen MR) is 26.6 cm³/mol. The average Bonchev–Trinajstić information content (AvgIpc) is 1.65. The van der Waals surface area contributed by atoms with Crippen LogP contribution >= 0.6 is 0 Å². The molecule has 0 N–H and O–H groups in total. The van der Waals surface area contributed by atoms with Gasteiger partial charge in [0.25, 0.3) is 0 Å².